The number of benzene rings is 2. The predicted molar refractivity (Wildman–Crippen MR) is 104 cm³/mol. The molecule has 6 heteroatoms. The maximum Gasteiger partial charge on any atom is 0.246 e. The summed E-state index contributed by atoms with van der Waals surface area (Å²) in [4.78, 5) is 2.49. The molecule has 0 bridgehead atoms. The molecule has 138 valence electrons. The number of piperazine rings is 1. The minimum Gasteiger partial charge on any atom is -0.495 e. The third-order valence-electron chi connectivity index (χ3n) is 4.49. The van der Waals surface area contributed by atoms with Gasteiger partial charge in [0, 0.05) is 32.7 Å². The number of nitrogens with zero attached hydrogens (tertiary/aromatic N) is 2. The van der Waals surface area contributed by atoms with Crippen molar-refractivity contribution in [2.75, 3.05) is 39.8 Å². The predicted octanol–water partition coefficient (Wildman–Crippen LogP) is 2.71. The molecule has 5 nitrogen and oxygen atoms in total. The van der Waals surface area contributed by atoms with E-state index in [1.54, 1.807) is 28.6 Å². The van der Waals surface area contributed by atoms with Crippen molar-refractivity contribution in [3.63, 3.8) is 0 Å². The molecular formula is C20H24N2O3S. The highest BCUT2D eigenvalue weighted by Gasteiger charge is 2.30. The second kappa shape index (κ2) is 8.49. The Morgan fingerprint density at radius 2 is 1.62 bits per heavy atom. The molecule has 1 heterocycles. The first-order chi connectivity index (χ1) is 12.6. The number of hydrogen-bond donors (Lipinski definition) is 0. The van der Waals surface area contributed by atoms with Gasteiger partial charge in [-0.25, -0.2) is 8.42 Å². The van der Waals surface area contributed by atoms with Crippen LogP contribution in [0.2, 0.25) is 0 Å². The Labute approximate surface area is 155 Å². The molecule has 0 amide bonds. The fourth-order valence-electron chi connectivity index (χ4n) is 3.03. The second-order valence-corrected chi connectivity index (χ2v) is 8.07. The van der Waals surface area contributed by atoms with Crippen LogP contribution in [0, 0.1) is 0 Å². The molecule has 1 saturated heterocycles. The number of ether oxygens (including phenoxy) is 1. The minimum atomic E-state index is -3.53. The van der Waals surface area contributed by atoms with Crippen molar-refractivity contribution < 1.29 is 13.2 Å². The van der Waals surface area contributed by atoms with Gasteiger partial charge in [0.1, 0.15) is 10.6 Å². The Hall–Kier alpha value is -2.15. The Balaban J connectivity index is 1.58. The average Bonchev–Trinajstić information content (AvgIpc) is 2.69. The van der Waals surface area contributed by atoms with Gasteiger partial charge in [0.15, 0.2) is 0 Å². The van der Waals surface area contributed by atoms with Crippen LogP contribution in [0.25, 0.3) is 6.08 Å². The van der Waals surface area contributed by atoms with Gasteiger partial charge in [0.2, 0.25) is 10.0 Å². The zero-order chi connectivity index (χ0) is 18.4. The first-order valence-corrected chi connectivity index (χ1v) is 10.1. The van der Waals surface area contributed by atoms with E-state index in [0.717, 1.165) is 6.54 Å². The number of sulfonamides is 1. The van der Waals surface area contributed by atoms with E-state index in [0.29, 0.717) is 31.9 Å². The molecule has 0 aliphatic carbocycles. The molecule has 0 unspecified atom stereocenters. The summed E-state index contributed by atoms with van der Waals surface area (Å²) in [6.07, 6.45) is 4.22. The largest absolute Gasteiger partial charge is 0.495 e. The zero-order valence-electron chi connectivity index (χ0n) is 14.9. The van der Waals surface area contributed by atoms with Crippen LogP contribution < -0.4 is 4.74 Å². The molecule has 0 saturated carbocycles. The fraction of sp³-hybridized carbons (Fsp3) is 0.300. The molecule has 0 spiro atoms. The first kappa shape index (κ1) is 18.6. The van der Waals surface area contributed by atoms with Crippen molar-refractivity contribution >= 4 is 16.1 Å². The van der Waals surface area contributed by atoms with Crippen LogP contribution in [0.1, 0.15) is 5.56 Å². The smallest absolute Gasteiger partial charge is 0.246 e. The third kappa shape index (κ3) is 4.33. The maximum absolute atomic E-state index is 12.9. The van der Waals surface area contributed by atoms with Gasteiger partial charge in [-0.2, -0.15) is 4.31 Å². The molecule has 1 aliphatic rings. The quantitative estimate of drug-likeness (QED) is 0.782. The average molecular weight is 372 g/mol. The number of para-hydroxylation sites is 1. The molecule has 0 atom stereocenters. The van der Waals surface area contributed by atoms with Crippen molar-refractivity contribution in [2.24, 2.45) is 0 Å². The summed E-state index contributed by atoms with van der Waals surface area (Å²) in [6.45, 7) is 3.22. The van der Waals surface area contributed by atoms with Gasteiger partial charge in [-0.3, -0.25) is 4.90 Å². The lowest BCUT2D eigenvalue weighted by Crippen LogP contribution is -2.48. The molecule has 2 aromatic carbocycles. The van der Waals surface area contributed by atoms with Crippen molar-refractivity contribution in [3.8, 4) is 5.75 Å². The van der Waals surface area contributed by atoms with E-state index >= 15 is 0 Å². The van der Waals surface area contributed by atoms with E-state index < -0.39 is 10.0 Å². The van der Waals surface area contributed by atoms with Gasteiger partial charge in [-0.15, -0.1) is 0 Å². The van der Waals surface area contributed by atoms with Crippen LogP contribution in [0.4, 0.5) is 0 Å². The van der Waals surface area contributed by atoms with Crippen molar-refractivity contribution in [2.45, 2.75) is 4.90 Å². The first-order valence-electron chi connectivity index (χ1n) is 8.68. The third-order valence-corrected chi connectivity index (χ3v) is 6.43. The van der Waals surface area contributed by atoms with E-state index in [4.69, 9.17) is 4.74 Å². The van der Waals surface area contributed by atoms with E-state index in [1.807, 2.05) is 18.2 Å². The molecule has 0 aromatic heterocycles. The van der Waals surface area contributed by atoms with Gasteiger partial charge >= 0.3 is 0 Å². The van der Waals surface area contributed by atoms with Crippen LogP contribution in [0.15, 0.2) is 65.6 Å². The minimum absolute atomic E-state index is 0.236. The SMILES string of the molecule is COc1ccccc1S(=O)(=O)N1CCN(CC=Cc2ccccc2)CC1. The van der Waals surface area contributed by atoms with Crippen LogP contribution in [-0.2, 0) is 10.0 Å². The van der Waals surface area contributed by atoms with Crippen LogP contribution in [0.5, 0.6) is 5.75 Å². The van der Waals surface area contributed by atoms with E-state index in [2.05, 4.69) is 29.2 Å². The van der Waals surface area contributed by atoms with E-state index in [-0.39, 0.29) is 4.90 Å². The molecule has 2 aromatic rings. The lowest BCUT2D eigenvalue weighted by molar-refractivity contribution is 0.204. The maximum atomic E-state index is 12.9. The highest BCUT2D eigenvalue weighted by Crippen LogP contribution is 2.26. The Morgan fingerprint density at radius 3 is 2.31 bits per heavy atom. The lowest BCUT2D eigenvalue weighted by atomic mass is 10.2. The van der Waals surface area contributed by atoms with Crippen LogP contribution >= 0.6 is 0 Å². The van der Waals surface area contributed by atoms with Gasteiger partial charge in [0.25, 0.3) is 0 Å². The normalized spacial score (nSPS) is 16.8. The molecule has 3 rings (SSSR count). The van der Waals surface area contributed by atoms with Crippen molar-refractivity contribution in [3.05, 3.63) is 66.2 Å². The summed E-state index contributed by atoms with van der Waals surface area (Å²) in [7, 11) is -2.04. The monoisotopic (exact) mass is 372 g/mol. The van der Waals surface area contributed by atoms with Gasteiger partial charge in [-0.1, -0.05) is 54.6 Å². The number of rotatable bonds is 6. The molecule has 26 heavy (non-hydrogen) atoms. The van der Waals surface area contributed by atoms with E-state index in [9.17, 15) is 8.42 Å². The summed E-state index contributed by atoms with van der Waals surface area (Å²) >= 11 is 0. The van der Waals surface area contributed by atoms with E-state index in [1.165, 1.54) is 12.7 Å². The summed E-state index contributed by atoms with van der Waals surface area (Å²) in [6, 6.07) is 16.9. The highest BCUT2D eigenvalue weighted by atomic mass is 32.2. The molecule has 0 radical (unpaired) electrons. The summed E-state index contributed by atoms with van der Waals surface area (Å²) in [5.74, 6) is 0.390. The second-order valence-electron chi connectivity index (χ2n) is 6.17. The highest BCUT2D eigenvalue weighted by molar-refractivity contribution is 7.89. The van der Waals surface area contributed by atoms with Gasteiger partial charge in [0.05, 0.1) is 7.11 Å². The number of methoxy groups -OCH3 is 1. The Morgan fingerprint density at radius 1 is 0.962 bits per heavy atom. The van der Waals surface area contributed by atoms with Crippen molar-refractivity contribution in [1.82, 2.24) is 9.21 Å². The Kier molecular flexibility index (Phi) is 6.08. The molecule has 1 fully saturated rings. The Bertz CT molecular complexity index is 842. The lowest BCUT2D eigenvalue weighted by Gasteiger charge is -2.33. The molecule has 0 N–H and O–H groups in total. The molecule has 1 aliphatic heterocycles. The standard InChI is InChI=1S/C20H24N2O3S/c1-25-19-11-5-6-12-20(19)26(23,24)22-16-14-21(15-17-22)13-7-10-18-8-3-2-4-9-18/h2-12H,13-17H2,1H3. The zero-order valence-corrected chi connectivity index (χ0v) is 15.7. The topological polar surface area (TPSA) is 49.9 Å². The van der Waals surface area contributed by atoms with Crippen molar-refractivity contribution in [1.29, 1.82) is 0 Å². The van der Waals surface area contributed by atoms with Crippen LogP contribution in [0.3, 0.4) is 0 Å². The van der Waals surface area contributed by atoms with Gasteiger partial charge < -0.3 is 4.74 Å². The molecular weight excluding hydrogens is 348 g/mol. The number of hydrogen-bond acceptors (Lipinski definition) is 4. The summed E-state index contributed by atoms with van der Waals surface area (Å²) in [5.41, 5.74) is 1.17. The summed E-state index contributed by atoms with van der Waals surface area (Å²) < 4.78 is 32.5. The van der Waals surface area contributed by atoms with Crippen LogP contribution in [-0.4, -0.2) is 57.5 Å². The fourth-order valence-corrected chi connectivity index (χ4v) is 4.60. The van der Waals surface area contributed by atoms with Gasteiger partial charge in [-0.05, 0) is 17.7 Å². The summed E-state index contributed by atoms with van der Waals surface area (Å²) in [5, 5.41) is 0.